The zero-order chi connectivity index (χ0) is 19.0. The number of hydrogen-bond donors (Lipinski definition) is 1. The molecule has 0 aliphatic carbocycles. The molecule has 3 unspecified atom stereocenters. The Hall–Kier alpha value is -1.61. The van der Waals surface area contributed by atoms with Crippen molar-refractivity contribution in [2.45, 2.75) is 59.6 Å². The number of benzene rings is 1. The van der Waals surface area contributed by atoms with Crippen LogP contribution in [0.2, 0.25) is 0 Å². The van der Waals surface area contributed by atoms with Crippen molar-refractivity contribution in [3.05, 3.63) is 48.0 Å². The Balaban J connectivity index is 2.77. The van der Waals surface area contributed by atoms with Crippen LogP contribution in [0.4, 0.5) is 0 Å². The Kier molecular flexibility index (Phi) is 8.91. The van der Waals surface area contributed by atoms with Crippen LogP contribution >= 0.6 is 0 Å². The van der Waals surface area contributed by atoms with Gasteiger partial charge in [0.15, 0.2) is 0 Å². The van der Waals surface area contributed by atoms with Crippen LogP contribution in [0.1, 0.15) is 59.1 Å². The van der Waals surface area contributed by atoms with Crippen molar-refractivity contribution < 1.29 is 9.90 Å². The topological polar surface area (TPSA) is 40.5 Å². The first-order valence-corrected chi connectivity index (χ1v) is 9.40. The highest BCUT2D eigenvalue weighted by Gasteiger charge is 2.30. The number of carbonyl (C=O) groups is 1. The van der Waals surface area contributed by atoms with E-state index >= 15 is 0 Å². The van der Waals surface area contributed by atoms with Crippen molar-refractivity contribution in [3.63, 3.8) is 0 Å². The minimum absolute atomic E-state index is 0.0566. The van der Waals surface area contributed by atoms with Gasteiger partial charge in [0.2, 0.25) is 5.91 Å². The van der Waals surface area contributed by atoms with Gasteiger partial charge in [-0.15, -0.1) is 0 Å². The number of carbonyl (C=O) groups excluding carboxylic acids is 1. The Morgan fingerprint density at radius 3 is 2.12 bits per heavy atom. The summed E-state index contributed by atoms with van der Waals surface area (Å²) < 4.78 is 0. The molecule has 140 valence electrons. The molecular weight excluding hydrogens is 310 g/mol. The van der Waals surface area contributed by atoms with Gasteiger partial charge in [-0.2, -0.15) is 0 Å². The van der Waals surface area contributed by atoms with E-state index in [2.05, 4.69) is 39.8 Å². The average Bonchev–Trinajstić information content (AvgIpc) is 2.59. The molecular formula is C22H35NO2. The molecule has 1 aromatic carbocycles. The van der Waals surface area contributed by atoms with E-state index < -0.39 is 6.10 Å². The van der Waals surface area contributed by atoms with Gasteiger partial charge in [0.25, 0.3) is 0 Å². The Bertz CT molecular complexity index is 536. The molecule has 0 radical (unpaired) electrons. The Morgan fingerprint density at radius 1 is 1.04 bits per heavy atom. The summed E-state index contributed by atoms with van der Waals surface area (Å²) in [7, 11) is 1.80. The zero-order valence-corrected chi connectivity index (χ0v) is 16.6. The largest absolute Gasteiger partial charge is 0.386 e. The number of likely N-dealkylation sites (N-methyl/N-ethyl adjacent to an activating group) is 1. The fraction of sp³-hybridized carbons (Fsp3) is 0.591. The van der Waals surface area contributed by atoms with Gasteiger partial charge in [0, 0.05) is 13.0 Å². The molecule has 0 bridgehead atoms. The van der Waals surface area contributed by atoms with Crippen LogP contribution in [0.5, 0.6) is 0 Å². The van der Waals surface area contributed by atoms with Gasteiger partial charge in [-0.3, -0.25) is 4.79 Å². The van der Waals surface area contributed by atoms with E-state index in [4.69, 9.17) is 0 Å². The van der Waals surface area contributed by atoms with Gasteiger partial charge in [-0.25, -0.2) is 0 Å². The van der Waals surface area contributed by atoms with Crippen molar-refractivity contribution >= 4 is 5.91 Å². The third-order valence-corrected chi connectivity index (χ3v) is 4.84. The standard InChI is InChI=1S/C22H35NO2/c1-16(2)12-10-11-15-20(17(3)4)22(25)23(6)18(5)21(24)19-13-8-7-9-14-19/h7-11,13-14,16-18,20-21,24H,12,15H2,1-6H3/b11-10+. The summed E-state index contributed by atoms with van der Waals surface area (Å²) in [6, 6.07) is 9.26. The van der Waals surface area contributed by atoms with E-state index in [1.807, 2.05) is 37.3 Å². The number of hydrogen-bond acceptors (Lipinski definition) is 2. The van der Waals surface area contributed by atoms with Crippen molar-refractivity contribution in [2.24, 2.45) is 17.8 Å². The second-order valence-electron chi connectivity index (χ2n) is 7.73. The molecule has 0 saturated heterocycles. The molecule has 0 saturated carbocycles. The lowest BCUT2D eigenvalue weighted by molar-refractivity contribution is -0.139. The highest BCUT2D eigenvalue weighted by atomic mass is 16.3. The molecule has 3 heteroatoms. The fourth-order valence-electron chi connectivity index (χ4n) is 2.87. The zero-order valence-electron chi connectivity index (χ0n) is 16.6. The summed E-state index contributed by atoms with van der Waals surface area (Å²) in [6.07, 6.45) is 5.42. The number of rotatable bonds is 9. The molecule has 0 heterocycles. The molecule has 1 amide bonds. The molecule has 1 rings (SSSR count). The highest BCUT2D eigenvalue weighted by molar-refractivity contribution is 5.79. The molecule has 25 heavy (non-hydrogen) atoms. The van der Waals surface area contributed by atoms with Crippen molar-refractivity contribution in [2.75, 3.05) is 7.05 Å². The van der Waals surface area contributed by atoms with Crippen LogP contribution in [0.25, 0.3) is 0 Å². The molecule has 0 spiro atoms. The second kappa shape index (κ2) is 10.4. The van der Waals surface area contributed by atoms with E-state index in [1.165, 1.54) is 0 Å². The summed E-state index contributed by atoms with van der Waals surface area (Å²) in [5, 5.41) is 10.6. The third kappa shape index (κ3) is 6.66. The summed E-state index contributed by atoms with van der Waals surface area (Å²) in [5.41, 5.74) is 0.840. The Morgan fingerprint density at radius 2 is 1.60 bits per heavy atom. The first kappa shape index (κ1) is 21.4. The summed E-state index contributed by atoms with van der Waals surface area (Å²) in [5.74, 6) is 0.943. The van der Waals surface area contributed by atoms with Crippen LogP contribution in [0, 0.1) is 17.8 Å². The lowest BCUT2D eigenvalue weighted by Crippen LogP contribution is -2.43. The first-order chi connectivity index (χ1) is 11.8. The molecule has 1 aromatic rings. The molecule has 0 fully saturated rings. The van der Waals surface area contributed by atoms with Crippen LogP contribution in [0.15, 0.2) is 42.5 Å². The van der Waals surface area contributed by atoms with Crippen molar-refractivity contribution in [1.29, 1.82) is 0 Å². The quantitative estimate of drug-likeness (QED) is 0.651. The fourth-order valence-corrected chi connectivity index (χ4v) is 2.87. The molecule has 3 atom stereocenters. The highest BCUT2D eigenvalue weighted by Crippen LogP contribution is 2.24. The van der Waals surface area contributed by atoms with Crippen LogP contribution in [-0.2, 0) is 4.79 Å². The summed E-state index contributed by atoms with van der Waals surface area (Å²) >= 11 is 0. The smallest absolute Gasteiger partial charge is 0.226 e. The predicted octanol–water partition coefficient (Wildman–Crippen LogP) is 4.83. The molecule has 0 aliphatic rings. The molecule has 1 N–H and O–H groups in total. The van der Waals surface area contributed by atoms with Gasteiger partial charge in [-0.05, 0) is 37.2 Å². The van der Waals surface area contributed by atoms with Crippen molar-refractivity contribution in [3.8, 4) is 0 Å². The Labute approximate surface area is 153 Å². The maximum absolute atomic E-state index is 13.0. The van der Waals surface area contributed by atoms with E-state index in [0.717, 1.165) is 18.4 Å². The normalized spacial score (nSPS) is 15.6. The van der Waals surface area contributed by atoms with E-state index in [9.17, 15) is 9.90 Å². The first-order valence-electron chi connectivity index (χ1n) is 9.40. The monoisotopic (exact) mass is 345 g/mol. The number of allylic oxidation sites excluding steroid dienone is 2. The van der Waals surface area contributed by atoms with Gasteiger partial charge < -0.3 is 10.0 Å². The van der Waals surface area contributed by atoms with Crippen LogP contribution in [-0.4, -0.2) is 29.0 Å². The van der Waals surface area contributed by atoms with Crippen LogP contribution in [0.3, 0.4) is 0 Å². The number of aliphatic hydroxyl groups excluding tert-OH is 1. The maximum Gasteiger partial charge on any atom is 0.226 e. The van der Waals surface area contributed by atoms with Gasteiger partial charge in [-0.1, -0.05) is 70.2 Å². The lowest BCUT2D eigenvalue weighted by Gasteiger charge is -2.33. The second-order valence-corrected chi connectivity index (χ2v) is 7.73. The minimum atomic E-state index is -0.681. The minimum Gasteiger partial charge on any atom is -0.386 e. The van der Waals surface area contributed by atoms with E-state index in [1.54, 1.807) is 11.9 Å². The van der Waals surface area contributed by atoms with E-state index in [0.29, 0.717) is 5.92 Å². The number of amides is 1. The number of aliphatic hydroxyl groups is 1. The van der Waals surface area contributed by atoms with Gasteiger partial charge in [0.05, 0.1) is 12.1 Å². The van der Waals surface area contributed by atoms with Gasteiger partial charge in [0.1, 0.15) is 0 Å². The molecule has 0 aromatic heterocycles. The van der Waals surface area contributed by atoms with Crippen molar-refractivity contribution in [1.82, 2.24) is 4.90 Å². The molecule has 3 nitrogen and oxygen atoms in total. The third-order valence-electron chi connectivity index (χ3n) is 4.84. The summed E-state index contributed by atoms with van der Waals surface area (Å²) in [6.45, 7) is 10.5. The maximum atomic E-state index is 13.0. The van der Waals surface area contributed by atoms with E-state index in [-0.39, 0.29) is 23.8 Å². The predicted molar refractivity (Wildman–Crippen MR) is 105 cm³/mol. The number of nitrogens with zero attached hydrogens (tertiary/aromatic N) is 1. The lowest BCUT2D eigenvalue weighted by atomic mass is 9.89. The average molecular weight is 346 g/mol. The van der Waals surface area contributed by atoms with Gasteiger partial charge >= 0.3 is 0 Å². The molecule has 0 aliphatic heterocycles. The SMILES string of the molecule is CC(C)C/C=C/CC(C(=O)N(C)C(C)C(O)c1ccccc1)C(C)C. The van der Waals surface area contributed by atoms with Crippen LogP contribution < -0.4 is 0 Å². The summed E-state index contributed by atoms with van der Waals surface area (Å²) in [4.78, 5) is 14.7.